The molecule has 1 aliphatic rings. The van der Waals surface area contributed by atoms with Gasteiger partial charge < -0.3 is 15.8 Å². The molecule has 0 aromatic heterocycles. The lowest BCUT2D eigenvalue weighted by atomic mass is 9.89. The number of carboxylic acid groups (broad SMARTS) is 1. The van der Waals surface area contributed by atoms with Crippen molar-refractivity contribution in [2.75, 3.05) is 0 Å². The van der Waals surface area contributed by atoms with E-state index in [2.05, 4.69) is 5.10 Å². The van der Waals surface area contributed by atoms with E-state index in [4.69, 9.17) is 5.84 Å². The minimum Gasteiger partial charge on any atom is -0.480 e. The molecule has 1 saturated heterocycles. The van der Waals surface area contributed by atoms with Crippen LogP contribution in [-0.2, 0) is 21.7 Å². The number of imide groups is 1. The lowest BCUT2D eigenvalue weighted by Gasteiger charge is -2.32. The topological polar surface area (TPSA) is 116 Å². The number of carboxylic acids is 1. The van der Waals surface area contributed by atoms with Crippen molar-refractivity contribution in [3.8, 4) is 0 Å². The molecule has 1 unspecified atom stereocenters. The molecular formula is C24H28N4O4. The average molecular weight is 437 g/mol. The van der Waals surface area contributed by atoms with Crippen LogP contribution in [0, 0.1) is 5.92 Å². The van der Waals surface area contributed by atoms with E-state index in [0.717, 1.165) is 16.0 Å². The number of urea groups is 1. The summed E-state index contributed by atoms with van der Waals surface area (Å²) in [6.07, 6.45) is 1.65. The third kappa shape index (κ3) is 4.21. The highest BCUT2D eigenvalue weighted by Gasteiger charge is 2.58. The average Bonchev–Trinajstić information content (AvgIpc) is 2.94. The summed E-state index contributed by atoms with van der Waals surface area (Å²) in [6, 6.07) is 14.4. The number of hydrogen-bond acceptors (Lipinski definition) is 5. The van der Waals surface area contributed by atoms with Gasteiger partial charge in [0.2, 0.25) is 0 Å². The molecule has 8 nitrogen and oxygen atoms in total. The first kappa shape index (κ1) is 23.0. The third-order valence-electron chi connectivity index (χ3n) is 5.78. The fraction of sp³-hybridized carbons (Fsp3) is 0.333. The standard InChI is InChI=1S/C24H28N4O4/c1-16(2)13-20(21(29)30)28-22(31)24(3,19-11-9-17(10-12-19)14-26-25)27(23(28)32)15-18-7-5-4-6-8-18/h4-12,14,16,20H,13,15,25H2,1-3H3,(H,29,30)/t20?,24-/m0/s1. The molecule has 3 N–H and O–H groups in total. The van der Waals surface area contributed by atoms with E-state index in [1.807, 2.05) is 44.2 Å². The molecule has 2 atom stereocenters. The molecule has 0 spiro atoms. The fourth-order valence-electron chi connectivity index (χ4n) is 4.05. The van der Waals surface area contributed by atoms with Gasteiger partial charge in [-0.05, 0) is 36.0 Å². The number of hydrogen-bond donors (Lipinski definition) is 2. The summed E-state index contributed by atoms with van der Waals surface area (Å²) in [5.41, 5.74) is 0.795. The first-order valence-corrected chi connectivity index (χ1v) is 10.5. The van der Waals surface area contributed by atoms with Crippen molar-refractivity contribution in [3.63, 3.8) is 0 Å². The molecule has 0 saturated carbocycles. The minimum absolute atomic E-state index is 0.0130. The summed E-state index contributed by atoms with van der Waals surface area (Å²) in [4.78, 5) is 41.7. The predicted molar refractivity (Wildman–Crippen MR) is 121 cm³/mol. The second-order valence-electron chi connectivity index (χ2n) is 8.49. The van der Waals surface area contributed by atoms with Crippen molar-refractivity contribution in [2.45, 2.75) is 45.3 Å². The van der Waals surface area contributed by atoms with Gasteiger partial charge in [-0.2, -0.15) is 5.10 Å². The van der Waals surface area contributed by atoms with Gasteiger partial charge >= 0.3 is 12.0 Å². The zero-order valence-corrected chi connectivity index (χ0v) is 18.4. The van der Waals surface area contributed by atoms with E-state index in [1.54, 1.807) is 31.2 Å². The Balaban J connectivity index is 2.10. The SMILES string of the molecule is CC(C)CC(C(=O)O)N1C(=O)N(Cc2ccccc2)[C@@](C)(c2ccc(C=NN)cc2)C1=O. The Labute approximate surface area is 187 Å². The molecule has 2 aromatic rings. The van der Waals surface area contributed by atoms with E-state index in [0.29, 0.717) is 5.56 Å². The van der Waals surface area contributed by atoms with Crippen LogP contribution in [0.25, 0.3) is 0 Å². The number of rotatable bonds is 8. The van der Waals surface area contributed by atoms with Crippen molar-refractivity contribution in [3.05, 3.63) is 71.3 Å². The second kappa shape index (κ2) is 9.21. The van der Waals surface area contributed by atoms with Gasteiger partial charge in [-0.3, -0.25) is 4.79 Å². The van der Waals surface area contributed by atoms with Gasteiger partial charge in [0, 0.05) is 6.54 Å². The zero-order valence-electron chi connectivity index (χ0n) is 18.4. The minimum atomic E-state index is -1.37. The van der Waals surface area contributed by atoms with Crippen molar-refractivity contribution in [1.82, 2.24) is 9.80 Å². The maximum absolute atomic E-state index is 13.7. The second-order valence-corrected chi connectivity index (χ2v) is 8.49. The summed E-state index contributed by atoms with van der Waals surface area (Å²) >= 11 is 0. The molecule has 2 aromatic carbocycles. The quantitative estimate of drug-likeness (QED) is 0.285. The van der Waals surface area contributed by atoms with Crippen LogP contribution in [0.15, 0.2) is 59.7 Å². The number of nitrogens with zero attached hydrogens (tertiary/aromatic N) is 3. The summed E-state index contributed by atoms with van der Waals surface area (Å²) in [5, 5.41) is 13.3. The Hall–Kier alpha value is -3.68. The van der Waals surface area contributed by atoms with Crippen LogP contribution in [-0.4, -0.2) is 45.1 Å². The summed E-state index contributed by atoms with van der Waals surface area (Å²) in [6.45, 7) is 5.55. The van der Waals surface area contributed by atoms with Gasteiger partial charge in [-0.15, -0.1) is 0 Å². The Kier molecular flexibility index (Phi) is 6.62. The van der Waals surface area contributed by atoms with Crippen LogP contribution in [0.2, 0.25) is 0 Å². The Morgan fingerprint density at radius 2 is 1.75 bits per heavy atom. The highest BCUT2D eigenvalue weighted by Crippen LogP contribution is 2.40. The zero-order chi connectivity index (χ0) is 23.5. The molecule has 1 heterocycles. The van der Waals surface area contributed by atoms with E-state index < -0.39 is 29.5 Å². The van der Waals surface area contributed by atoms with Crippen molar-refractivity contribution >= 4 is 24.1 Å². The third-order valence-corrected chi connectivity index (χ3v) is 5.78. The van der Waals surface area contributed by atoms with Crippen molar-refractivity contribution < 1.29 is 19.5 Å². The maximum Gasteiger partial charge on any atom is 0.329 e. The van der Waals surface area contributed by atoms with Crippen LogP contribution in [0.1, 0.15) is 43.9 Å². The number of carbonyl (C=O) groups excluding carboxylic acids is 2. The maximum atomic E-state index is 13.7. The predicted octanol–water partition coefficient (Wildman–Crippen LogP) is 3.16. The van der Waals surface area contributed by atoms with Crippen LogP contribution >= 0.6 is 0 Å². The van der Waals surface area contributed by atoms with Gasteiger partial charge in [0.25, 0.3) is 5.91 Å². The van der Waals surface area contributed by atoms with Crippen LogP contribution in [0.4, 0.5) is 4.79 Å². The van der Waals surface area contributed by atoms with E-state index in [1.165, 1.54) is 11.1 Å². The van der Waals surface area contributed by atoms with Gasteiger partial charge in [-0.1, -0.05) is 68.4 Å². The van der Waals surface area contributed by atoms with Gasteiger partial charge in [0.05, 0.1) is 6.21 Å². The first-order valence-electron chi connectivity index (χ1n) is 10.5. The lowest BCUT2D eigenvalue weighted by molar-refractivity contribution is -0.148. The molecule has 168 valence electrons. The molecule has 3 rings (SSSR count). The molecule has 1 fully saturated rings. The number of hydrazone groups is 1. The number of amides is 3. The van der Waals surface area contributed by atoms with Crippen LogP contribution in [0.5, 0.6) is 0 Å². The Morgan fingerprint density at radius 1 is 1.12 bits per heavy atom. The molecule has 0 radical (unpaired) electrons. The molecule has 32 heavy (non-hydrogen) atoms. The van der Waals surface area contributed by atoms with E-state index >= 15 is 0 Å². The van der Waals surface area contributed by atoms with E-state index in [9.17, 15) is 19.5 Å². The smallest absolute Gasteiger partial charge is 0.329 e. The number of aliphatic carboxylic acids is 1. The number of nitrogens with two attached hydrogens (primary N) is 1. The van der Waals surface area contributed by atoms with E-state index in [-0.39, 0.29) is 18.9 Å². The first-order chi connectivity index (χ1) is 15.2. The summed E-state index contributed by atoms with van der Waals surface area (Å²) in [7, 11) is 0. The monoisotopic (exact) mass is 436 g/mol. The van der Waals surface area contributed by atoms with Gasteiger partial charge in [-0.25, -0.2) is 14.5 Å². The van der Waals surface area contributed by atoms with Gasteiger partial charge in [0.1, 0.15) is 11.6 Å². The Morgan fingerprint density at radius 3 is 2.28 bits per heavy atom. The molecule has 0 bridgehead atoms. The van der Waals surface area contributed by atoms with Gasteiger partial charge in [0.15, 0.2) is 0 Å². The van der Waals surface area contributed by atoms with Crippen molar-refractivity contribution in [1.29, 1.82) is 0 Å². The largest absolute Gasteiger partial charge is 0.480 e. The highest BCUT2D eigenvalue weighted by atomic mass is 16.4. The summed E-state index contributed by atoms with van der Waals surface area (Å²) in [5.74, 6) is 3.46. The molecule has 8 heteroatoms. The molecule has 1 aliphatic heterocycles. The number of benzene rings is 2. The molecular weight excluding hydrogens is 408 g/mol. The van der Waals surface area contributed by atoms with Crippen LogP contribution in [0.3, 0.4) is 0 Å². The summed E-state index contributed by atoms with van der Waals surface area (Å²) < 4.78 is 0. The molecule has 0 aliphatic carbocycles. The normalized spacial score (nSPS) is 19.9. The van der Waals surface area contributed by atoms with Crippen LogP contribution < -0.4 is 5.84 Å². The Bertz CT molecular complexity index is 1020. The lowest BCUT2D eigenvalue weighted by Crippen LogP contribution is -2.47. The fourth-order valence-corrected chi connectivity index (χ4v) is 4.05. The highest BCUT2D eigenvalue weighted by molar-refractivity contribution is 6.09. The van der Waals surface area contributed by atoms with Crippen molar-refractivity contribution in [2.24, 2.45) is 16.9 Å². The number of carbonyl (C=O) groups is 3. The molecule has 3 amide bonds.